The van der Waals surface area contributed by atoms with Crippen molar-refractivity contribution in [3.05, 3.63) is 34.6 Å². The third-order valence-corrected chi connectivity index (χ3v) is 5.43. The Labute approximate surface area is 157 Å². The summed E-state index contributed by atoms with van der Waals surface area (Å²) in [5.74, 6) is -0.0802. The highest BCUT2D eigenvalue weighted by molar-refractivity contribution is 8.00. The number of benzene rings is 1. The Hall–Kier alpha value is -2.33. The number of para-hydroxylation sites is 1. The molecular weight excluding hydrogens is 348 g/mol. The van der Waals surface area contributed by atoms with Crippen LogP contribution in [0.3, 0.4) is 0 Å². The van der Waals surface area contributed by atoms with Crippen LogP contribution in [-0.2, 0) is 4.79 Å². The SMILES string of the molecule is CC[C@@H](C)n1c(S[C@H](C)C(=O)N(C)CCC#N)nc2ccccc2c1=O. The molecule has 6 nitrogen and oxygen atoms in total. The predicted octanol–water partition coefficient (Wildman–Crippen LogP) is 3.22. The largest absolute Gasteiger partial charge is 0.344 e. The Bertz CT molecular complexity index is 887. The summed E-state index contributed by atoms with van der Waals surface area (Å²) < 4.78 is 1.69. The highest BCUT2D eigenvalue weighted by Gasteiger charge is 2.23. The first kappa shape index (κ1) is 20.0. The molecule has 0 aliphatic heterocycles. The van der Waals surface area contributed by atoms with Crippen molar-refractivity contribution in [2.24, 2.45) is 0 Å². The molecule has 7 heteroatoms. The summed E-state index contributed by atoms with van der Waals surface area (Å²) in [5.41, 5.74) is 0.557. The van der Waals surface area contributed by atoms with Crippen LogP contribution in [0.2, 0.25) is 0 Å². The van der Waals surface area contributed by atoms with Gasteiger partial charge in [-0.15, -0.1) is 0 Å². The van der Waals surface area contributed by atoms with Crippen molar-refractivity contribution in [3.8, 4) is 6.07 Å². The number of fused-ring (bicyclic) bond motifs is 1. The number of thioether (sulfide) groups is 1. The molecule has 0 aliphatic rings. The number of aromatic nitrogens is 2. The third kappa shape index (κ3) is 4.25. The quantitative estimate of drug-likeness (QED) is 0.551. The second-order valence-electron chi connectivity index (χ2n) is 6.27. The summed E-state index contributed by atoms with van der Waals surface area (Å²) in [4.78, 5) is 31.7. The molecule has 0 radical (unpaired) electrons. The topological polar surface area (TPSA) is 79.0 Å². The first-order valence-electron chi connectivity index (χ1n) is 8.70. The molecule has 1 aromatic heterocycles. The number of nitriles is 1. The lowest BCUT2D eigenvalue weighted by molar-refractivity contribution is -0.128. The summed E-state index contributed by atoms with van der Waals surface area (Å²) in [6.45, 7) is 6.19. The van der Waals surface area contributed by atoms with Crippen LogP contribution in [0.15, 0.2) is 34.2 Å². The van der Waals surface area contributed by atoms with Gasteiger partial charge in [0.15, 0.2) is 5.16 Å². The maximum atomic E-state index is 13.0. The molecule has 1 amide bonds. The van der Waals surface area contributed by atoms with Crippen LogP contribution < -0.4 is 5.56 Å². The second kappa shape index (κ2) is 8.86. The van der Waals surface area contributed by atoms with Crippen LogP contribution in [0.25, 0.3) is 10.9 Å². The Kier molecular flexibility index (Phi) is 6.81. The van der Waals surface area contributed by atoms with Crippen LogP contribution in [0.5, 0.6) is 0 Å². The molecule has 138 valence electrons. The van der Waals surface area contributed by atoms with Gasteiger partial charge in [-0.1, -0.05) is 30.8 Å². The zero-order valence-electron chi connectivity index (χ0n) is 15.6. The number of amides is 1. The zero-order valence-corrected chi connectivity index (χ0v) is 16.4. The van der Waals surface area contributed by atoms with Gasteiger partial charge in [0.1, 0.15) is 0 Å². The fourth-order valence-corrected chi connectivity index (χ4v) is 3.75. The van der Waals surface area contributed by atoms with Gasteiger partial charge in [0.05, 0.1) is 28.6 Å². The van der Waals surface area contributed by atoms with E-state index in [-0.39, 0.29) is 17.5 Å². The van der Waals surface area contributed by atoms with Gasteiger partial charge in [0.25, 0.3) is 5.56 Å². The first-order chi connectivity index (χ1) is 12.4. The summed E-state index contributed by atoms with van der Waals surface area (Å²) in [5, 5.41) is 9.42. The molecule has 26 heavy (non-hydrogen) atoms. The van der Waals surface area contributed by atoms with Gasteiger partial charge in [-0.3, -0.25) is 14.2 Å². The highest BCUT2D eigenvalue weighted by Crippen LogP contribution is 2.26. The van der Waals surface area contributed by atoms with Gasteiger partial charge in [-0.05, 0) is 32.4 Å². The van der Waals surface area contributed by atoms with E-state index in [1.165, 1.54) is 11.8 Å². The average Bonchev–Trinajstić information content (AvgIpc) is 2.65. The van der Waals surface area contributed by atoms with E-state index in [1.54, 1.807) is 29.5 Å². The summed E-state index contributed by atoms with van der Waals surface area (Å²) >= 11 is 1.29. The minimum absolute atomic E-state index is 0.0132. The van der Waals surface area contributed by atoms with E-state index >= 15 is 0 Å². The molecule has 0 bridgehead atoms. The molecular formula is C19H24N4O2S. The van der Waals surface area contributed by atoms with Crippen LogP contribution in [0.1, 0.15) is 39.7 Å². The van der Waals surface area contributed by atoms with Gasteiger partial charge in [0.2, 0.25) is 5.91 Å². The maximum absolute atomic E-state index is 13.0. The van der Waals surface area contributed by atoms with Crippen LogP contribution in [0, 0.1) is 11.3 Å². The zero-order chi connectivity index (χ0) is 19.3. The van der Waals surface area contributed by atoms with Crippen molar-refractivity contribution in [1.29, 1.82) is 5.26 Å². The van der Waals surface area contributed by atoms with E-state index in [1.807, 2.05) is 38.1 Å². The van der Waals surface area contributed by atoms with E-state index in [9.17, 15) is 9.59 Å². The van der Waals surface area contributed by atoms with Crippen molar-refractivity contribution >= 4 is 28.6 Å². The number of hydrogen-bond donors (Lipinski definition) is 0. The van der Waals surface area contributed by atoms with Crippen molar-refractivity contribution in [1.82, 2.24) is 14.5 Å². The van der Waals surface area contributed by atoms with Crippen molar-refractivity contribution in [3.63, 3.8) is 0 Å². The van der Waals surface area contributed by atoms with E-state index < -0.39 is 5.25 Å². The minimum atomic E-state index is -0.401. The van der Waals surface area contributed by atoms with Gasteiger partial charge in [-0.2, -0.15) is 5.26 Å². The number of carbonyl (C=O) groups excluding carboxylic acids is 1. The summed E-state index contributed by atoms with van der Waals surface area (Å²) in [6, 6.07) is 9.30. The number of hydrogen-bond acceptors (Lipinski definition) is 5. The monoisotopic (exact) mass is 372 g/mol. The summed E-state index contributed by atoms with van der Waals surface area (Å²) in [6.07, 6.45) is 1.09. The van der Waals surface area contributed by atoms with Crippen LogP contribution in [0.4, 0.5) is 0 Å². The molecule has 0 unspecified atom stereocenters. The van der Waals surface area contributed by atoms with Crippen LogP contribution in [-0.4, -0.2) is 39.2 Å². The third-order valence-electron chi connectivity index (χ3n) is 4.37. The van der Waals surface area contributed by atoms with Crippen LogP contribution >= 0.6 is 11.8 Å². The van der Waals surface area contributed by atoms with Gasteiger partial charge in [0, 0.05) is 19.6 Å². The Morgan fingerprint density at radius 3 is 2.73 bits per heavy atom. The molecule has 0 spiro atoms. The molecule has 1 heterocycles. The Balaban J connectivity index is 2.40. The fourth-order valence-electron chi connectivity index (χ4n) is 2.63. The molecule has 0 saturated carbocycles. The highest BCUT2D eigenvalue weighted by atomic mass is 32.2. The van der Waals surface area contributed by atoms with E-state index in [4.69, 9.17) is 5.26 Å². The van der Waals surface area contributed by atoms with Gasteiger partial charge in [-0.25, -0.2) is 4.98 Å². The lowest BCUT2D eigenvalue weighted by Crippen LogP contribution is -2.34. The van der Waals surface area contributed by atoms with Gasteiger partial charge < -0.3 is 4.90 Å². The molecule has 0 aliphatic carbocycles. The van der Waals surface area contributed by atoms with Gasteiger partial charge >= 0.3 is 0 Å². The molecule has 2 aromatic rings. The van der Waals surface area contributed by atoms with Crippen molar-refractivity contribution in [2.45, 2.75) is 50.1 Å². The number of carbonyl (C=O) groups is 1. The molecule has 0 N–H and O–H groups in total. The normalized spacial score (nSPS) is 13.2. The van der Waals surface area contributed by atoms with Crippen molar-refractivity contribution in [2.75, 3.05) is 13.6 Å². The van der Waals surface area contributed by atoms with E-state index in [0.29, 0.717) is 29.0 Å². The van der Waals surface area contributed by atoms with E-state index in [2.05, 4.69) is 4.98 Å². The van der Waals surface area contributed by atoms with E-state index in [0.717, 1.165) is 6.42 Å². The smallest absolute Gasteiger partial charge is 0.262 e. The predicted molar refractivity (Wildman–Crippen MR) is 104 cm³/mol. The number of nitrogens with zero attached hydrogens (tertiary/aromatic N) is 4. The van der Waals surface area contributed by atoms with Crippen molar-refractivity contribution < 1.29 is 4.79 Å². The molecule has 1 aromatic carbocycles. The Morgan fingerprint density at radius 2 is 2.08 bits per heavy atom. The summed E-state index contributed by atoms with van der Waals surface area (Å²) in [7, 11) is 1.69. The maximum Gasteiger partial charge on any atom is 0.262 e. The molecule has 2 rings (SSSR count). The second-order valence-corrected chi connectivity index (χ2v) is 7.58. The fraction of sp³-hybridized carbons (Fsp3) is 0.474. The molecule has 0 fully saturated rings. The average molecular weight is 372 g/mol. The standard InChI is InChI=1S/C19H24N4O2S/c1-5-13(2)23-18(25)15-9-6-7-10-16(15)21-19(23)26-14(3)17(24)22(4)12-8-11-20/h6-7,9-10,13-14H,5,8,12H2,1-4H3/t13-,14-/m1/s1. The first-order valence-corrected chi connectivity index (χ1v) is 9.58. The molecule has 2 atom stereocenters. The number of rotatable bonds is 7. The lowest BCUT2D eigenvalue weighted by Gasteiger charge is -2.22. The molecule has 0 saturated heterocycles. The minimum Gasteiger partial charge on any atom is -0.344 e. The lowest BCUT2D eigenvalue weighted by atomic mass is 10.2. The Morgan fingerprint density at radius 1 is 1.38 bits per heavy atom.